The monoisotopic (exact) mass is 414 g/mol. The van der Waals surface area contributed by atoms with Crippen molar-refractivity contribution in [2.75, 3.05) is 13.1 Å². The number of amides is 1. The molecule has 3 rings (SSSR count). The molecule has 2 aromatic carbocycles. The van der Waals surface area contributed by atoms with Gasteiger partial charge in [0.25, 0.3) is 5.56 Å². The van der Waals surface area contributed by atoms with Crippen molar-refractivity contribution < 1.29 is 13.6 Å². The lowest BCUT2D eigenvalue weighted by atomic mass is 10.1. The van der Waals surface area contributed by atoms with Gasteiger partial charge in [0.2, 0.25) is 5.91 Å². The minimum Gasteiger partial charge on any atom is -0.355 e. The number of hydrogen-bond donors (Lipinski definition) is 2. The van der Waals surface area contributed by atoms with Gasteiger partial charge in [0, 0.05) is 18.2 Å². The van der Waals surface area contributed by atoms with Crippen LogP contribution in [0.2, 0.25) is 0 Å². The number of nitrogens with one attached hydrogen (secondary N) is 2. The Bertz CT molecular complexity index is 1080. The number of H-pyrrole nitrogens is 1. The molecule has 0 aliphatic rings. The van der Waals surface area contributed by atoms with Crippen LogP contribution >= 0.6 is 0 Å². The molecule has 30 heavy (non-hydrogen) atoms. The van der Waals surface area contributed by atoms with Gasteiger partial charge >= 0.3 is 0 Å². The molecule has 3 aromatic rings. The first kappa shape index (κ1) is 21.6. The Labute approximate surface area is 172 Å². The third-order valence-corrected chi connectivity index (χ3v) is 4.85. The minimum absolute atomic E-state index is 0.0107. The van der Waals surface area contributed by atoms with Crippen molar-refractivity contribution in [1.82, 2.24) is 20.2 Å². The predicted molar refractivity (Wildman–Crippen MR) is 111 cm³/mol. The smallest absolute Gasteiger partial charge is 0.258 e. The van der Waals surface area contributed by atoms with E-state index in [1.54, 1.807) is 18.2 Å². The van der Waals surface area contributed by atoms with Crippen LogP contribution in [0.25, 0.3) is 10.9 Å². The van der Waals surface area contributed by atoms with Gasteiger partial charge in [0.05, 0.1) is 24.0 Å². The van der Waals surface area contributed by atoms with Crippen LogP contribution in [0.4, 0.5) is 8.78 Å². The number of carbonyl (C=O) groups is 1. The van der Waals surface area contributed by atoms with E-state index in [1.807, 2.05) is 24.8 Å². The Morgan fingerprint density at radius 1 is 1.13 bits per heavy atom. The Balaban J connectivity index is 1.61. The van der Waals surface area contributed by atoms with Gasteiger partial charge in [-0.05, 0) is 44.5 Å². The molecule has 158 valence electrons. The van der Waals surface area contributed by atoms with E-state index < -0.39 is 11.6 Å². The third-order valence-electron chi connectivity index (χ3n) is 4.85. The zero-order valence-electron chi connectivity index (χ0n) is 16.9. The molecule has 0 spiro atoms. The van der Waals surface area contributed by atoms with E-state index in [4.69, 9.17) is 0 Å². The predicted octanol–water partition coefficient (Wildman–Crippen LogP) is 2.77. The Morgan fingerprint density at radius 2 is 1.83 bits per heavy atom. The first-order valence-corrected chi connectivity index (χ1v) is 9.76. The van der Waals surface area contributed by atoms with Crippen LogP contribution in [0.3, 0.4) is 0 Å². The fraction of sp³-hybridized carbons (Fsp3) is 0.318. The highest BCUT2D eigenvalue weighted by Gasteiger charge is 2.17. The Kier molecular flexibility index (Phi) is 6.89. The summed E-state index contributed by atoms with van der Waals surface area (Å²) in [7, 11) is 0. The van der Waals surface area contributed by atoms with E-state index in [2.05, 4.69) is 15.3 Å². The summed E-state index contributed by atoms with van der Waals surface area (Å²) in [6.45, 7) is 4.33. The number of fused-ring (bicyclic) bond motifs is 1. The summed E-state index contributed by atoms with van der Waals surface area (Å²) >= 11 is 0. The third kappa shape index (κ3) is 5.27. The maximum atomic E-state index is 13.7. The number of hydrogen-bond acceptors (Lipinski definition) is 4. The lowest BCUT2D eigenvalue weighted by Gasteiger charge is -2.25. The summed E-state index contributed by atoms with van der Waals surface area (Å²) in [5.74, 6) is -1.06. The van der Waals surface area contributed by atoms with Crippen LogP contribution in [0.1, 0.15) is 25.2 Å². The van der Waals surface area contributed by atoms with Crippen LogP contribution in [0.15, 0.2) is 47.3 Å². The molecule has 0 atom stereocenters. The van der Waals surface area contributed by atoms with Gasteiger partial charge in [-0.15, -0.1) is 0 Å². The maximum Gasteiger partial charge on any atom is 0.258 e. The normalized spacial score (nSPS) is 11.4. The van der Waals surface area contributed by atoms with Gasteiger partial charge < -0.3 is 10.3 Å². The Morgan fingerprint density at radius 3 is 2.53 bits per heavy atom. The molecule has 0 radical (unpaired) electrons. The second kappa shape index (κ2) is 9.58. The van der Waals surface area contributed by atoms with Gasteiger partial charge in [0.1, 0.15) is 17.5 Å². The summed E-state index contributed by atoms with van der Waals surface area (Å²) in [6, 6.07) is 10.8. The van der Waals surface area contributed by atoms with Crippen molar-refractivity contribution in [3.8, 4) is 0 Å². The van der Waals surface area contributed by atoms with Crippen molar-refractivity contribution in [3.63, 3.8) is 0 Å². The SMILES string of the molecule is CC(C)N(CC(=O)NCCc1c(F)cccc1F)Cc1nc2ccccc2c(=O)[nH]1. The van der Waals surface area contributed by atoms with E-state index in [-0.39, 0.29) is 49.1 Å². The Hall–Kier alpha value is -3.13. The van der Waals surface area contributed by atoms with Crippen molar-refractivity contribution in [3.05, 3.63) is 75.8 Å². The fourth-order valence-corrected chi connectivity index (χ4v) is 3.16. The van der Waals surface area contributed by atoms with Gasteiger partial charge in [-0.2, -0.15) is 0 Å². The molecular weight excluding hydrogens is 390 g/mol. The zero-order valence-corrected chi connectivity index (χ0v) is 16.9. The number of benzene rings is 2. The molecular formula is C22H24F2N4O2. The topological polar surface area (TPSA) is 78.1 Å². The van der Waals surface area contributed by atoms with Gasteiger partial charge in [0.15, 0.2) is 0 Å². The summed E-state index contributed by atoms with van der Waals surface area (Å²) in [4.78, 5) is 33.7. The maximum absolute atomic E-state index is 13.7. The quantitative estimate of drug-likeness (QED) is 0.594. The van der Waals surface area contributed by atoms with E-state index in [9.17, 15) is 18.4 Å². The van der Waals surface area contributed by atoms with E-state index in [0.29, 0.717) is 16.7 Å². The second-order valence-electron chi connectivity index (χ2n) is 7.33. The summed E-state index contributed by atoms with van der Waals surface area (Å²) in [5, 5.41) is 3.20. The lowest BCUT2D eigenvalue weighted by Crippen LogP contribution is -2.41. The molecule has 1 amide bonds. The molecule has 8 heteroatoms. The molecule has 1 heterocycles. The number of aromatic nitrogens is 2. The highest BCUT2D eigenvalue weighted by molar-refractivity contribution is 5.78. The molecule has 6 nitrogen and oxygen atoms in total. The van der Waals surface area contributed by atoms with Crippen molar-refractivity contribution in [2.45, 2.75) is 32.9 Å². The standard InChI is InChI=1S/C22H24F2N4O2/c1-14(2)28(12-20-26-19-9-4-3-6-16(19)22(30)27-20)13-21(29)25-11-10-15-17(23)7-5-8-18(15)24/h3-9,14H,10-13H2,1-2H3,(H,25,29)(H,26,27,30). The van der Waals surface area contributed by atoms with Crippen LogP contribution in [-0.4, -0.2) is 39.9 Å². The van der Waals surface area contributed by atoms with E-state index >= 15 is 0 Å². The number of halogens is 2. The number of carbonyl (C=O) groups excluding carboxylic acids is 1. The van der Waals surface area contributed by atoms with Crippen LogP contribution in [-0.2, 0) is 17.8 Å². The number of nitrogens with zero attached hydrogens (tertiary/aromatic N) is 2. The van der Waals surface area contributed by atoms with Gasteiger partial charge in [-0.1, -0.05) is 18.2 Å². The molecule has 0 saturated carbocycles. The van der Waals surface area contributed by atoms with Crippen LogP contribution < -0.4 is 10.9 Å². The van der Waals surface area contributed by atoms with Crippen molar-refractivity contribution in [1.29, 1.82) is 0 Å². The molecule has 1 aromatic heterocycles. The molecule has 0 unspecified atom stereocenters. The van der Waals surface area contributed by atoms with Crippen LogP contribution in [0.5, 0.6) is 0 Å². The summed E-state index contributed by atoms with van der Waals surface area (Å²) < 4.78 is 27.4. The largest absolute Gasteiger partial charge is 0.355 e. The molecule has 0 bridgehead atoms. The first-order chi connectivity index (χ1) is 14.3. The molecule has 2 N–H and O–H groups in total. The van der Waals surface area contributed by atoms with Crippen LogP contribution in [0, 0.1) is 11.6 Å². The molecule has 0 saturated heterocycles. The van der Waals surface area contributed by atoms with E-state index in [1.165, 1.54) is 18.2 Å². The minimum atomic E-state index is -0.626. The molecule has 0 aliphatic carbocycles. The number of aromatic amines is 1. The molecule has 0 aliphatic heterocycles. The van der Waals surface area contributed by atoms with Crippen molar-refractivity contribution >= 4 is 16.8 Å². The average molecular weight is 414 g/mol. The van der Waals surface area contributed by atoms with Gasteiger partial charge in [-0.3, -0.25) is 14.5 Å². The lowest BCUT2D eigenvalue weighted by molar-refractivity contribution is -0.122. The number of rotatable bonds is 8. The molecule has 0 fully saturated rings. The fourth-order valence-electron chi connectivity index (χ4n) is 3.16. The first-order valence-electron chi connectivity index (χ1n) is 9.76. The van der Waals surface area contributed by atoms with E-state index in [0.717, 1.165) is 0 Å². The highest BCUT2D eigenvalue weighted by atomic mass is 19.1. The summed E-state index contributed by atoms with van der Waals surface area (Å²) in [5.41, 5.74) is 0.323. The summed E-state index contributed by atoms with van der Waals surface area (Å²) in [6.07, 6.45) is 0.0610. The number of para-hydroxylation sites is 1. The highest BCUT2D eigenvalue weighted by Crippen LogP contribution is 2.12. The van der Waals surface area contributed by atoms with Crippen molar-refractivity contribution in [2.24, 2.45) is 0 Å². The second-order valence-corrected chi connectivity index (χ2v) is 7.33. The van der Waals surface area contributed by atoms with Gasteiger partial charge in [-0.25, -0.2) is 13.8 Å². The zero-order chi connectivity index (χ0) is 21.7. The average Bonchev–Trinajstić information content (AvgIpc) is 2.70.